The van der Waals surface area contributed by atoms with Crippen molar-refractivity contribution in [1.82, 2.24) is 5.32 Å². The van der Waals surface area contributed by atoms with Gasteiger partial charge in [0.1, 0.15) is 0 Å². The summed E-state index contributed by atoms with van der Waals surface area (Å²) in [6.45, 7) is 8.62. The molecule has 1 fully saturated rings. The molecule has 4 unspecified atom stereocenters. The zero-order valence-electron chi connectivity index (χ0n) is 10.5. The first kappa shape index (κ1) is 13.0. The summed E-state index contributed by atoms with van der Waals surface area (Å²) in [7, 11) is 0. The van der Waals surface area contributed by atoms with Gasteiger partial charge in [0.2, 0.25) is 0 Å². The van der Waals surface area contributed by atoms with Crippen molar-refractivity contribution in [3.63, 3.8) is 0 Å². The highest BCUT2D eigenvalue weighted by Crippen LogP contribution is 2.34. The fourth-order valence-corrected chi connectivity index (χ4v) is 2.53. The molecule has 0 aromatic carbocycles. The average molecular weight is 213 g/mol. The van der Waals surface area contributed by atoms with E-state index >= 15 is 0 Å². The second kappa shape index (κ2) is 6.49. The first-order valence-electron chi connectivity index (χ1n) is 6.54. The maximum absolute atomic E-state index is 10.0. The fraction of sp³-hybridized carbons (Fsp3) is 1.00. The molecule has 1 rings (SSSR count). The molecule has 0 bridgehead atoms. The molecule has 4 atom stereocenters. The summed E-state index contributed by atoms with van der Waals surface area (Å²) in [6, 6.07) is 0. The third kappa shape index (κ3) is 4.12. The lowest BCUT2D eigenvalue weighted by Crippen LogP contribution is -2.36. The number of hydrogen-bond donors (Lipinski definition) is 2. The minimum Gasteiger partial charge on any atom is -0.392 e. The molecule has 0 saturated heterocycles. The van der Waals surface area contributed by atoms with Crippen LogP contribution in [-0.4, -0.2) is 24.3 Å². The smallest absolute Gasteiger partial charge is 0.0692 e. The van der Waals surface area contributed by atoms with Crippen molar-refractivity contribution in [2.75, 3.05) is 13.1 Å². The van der Waals surface area contributed by atoms with Gasteiger partial charge in [0.25, 0.3) is 0 Å². The Kier molecular flexibility index (Phi) is 5.62. The summed E-state index contributed by atoms with van der Waals surface area (Å²) in [6.07, 6.45) is 4.71. The standard InChI is InChI=1S/C13H27NO/c1-4-7-14-9-13(15)12-6-5-10(2)11(3)8-12/h10-15H,4-9H2,1-3H3. The molecule has 0 amide bonds. The molecule has 1 saturated carbocycles. The van der Waals surface area contributed by atoms with Gasteiger partial charge in [0.15, 0.2) is 0 Å². The van der Waals surface area contributed by atoms with E-state index in [0.29, 0.717) is 5.92 Å². The minimum atomic E-state index is -0.133. The molecule has 15 heavy (non-hydrogen) atoms. The normalized spacial score (nSPS) is 34.0. The van der Waals surface area contributed by atoms with Crippen molar-refractivity contribution in [2.45, 2.75) is 52.6 Å². The van der Waals surface area contributed by atoms with Crippen molar-refractivity contribution >= 4 is 0 Å². The molecule has 1 aliphatic carbocycles. The maximum Gasteiger partial charge on any atom is 0.0692 e. The molecular formula is C13H27NO. The van der Waals surface area contributed by atoms with E-state index in [1.807, 2.05) is 0 Å². The SMILES string of the molecule is CCCNCC(O)C1CCC(C)C(C)C1. The van der Waals surface area contributed by atoms with E-state index in [-0.39, 0.29) is 6.10 Å². The number of aliphatic hydroxyl groups excluding tert-OH is 1. The van der Waals surface area contributed by atoms with Crippen LogP contribution in [0.15, 0.2) is 0 Å². The Morgan fingerprint density at radius 1 is 1.27 bits per heavy atom. The quantitative estimate of drug-likeness (QED) is 0.687. The van der Waals surface area contributed by atoms with Crippen LogP contribution in [0.4, 0.5) is 0 Å². The van der Waals surface area contributed by atoms with E-state index < -0.39 is 0 Å². The summed E-state index contributed by atoms with van der Waals surface area (Å²) in [5.41, 5.74) is 0. The van der Waals surface area contributed by atoms with E-state index in [1.165, 1.54) is 19.3 Å². The van der Waals surface area contributed by atoms with Gasteiger partial charge in [-0.3, -0.25) is 0 Å². The van der Waals surface area contributed by atoms with Crippen LogP contribution in [0.25, 0.3) is 0 Å². The van der Waals surface area contributed by atoms with Crippen LogP contribution in [0.5, 0.6) is 0 Å². The topological polar surface area (TPSA) is 32.3 Å². The first-order chi connectivity index (χ1) is 7.15. The third-order valence-corrected chi connectivity index (χ3v) is 3.96. The molecule has 1 aliphatic rings. The summed E-state index contributed by atoms with van der Waals surface area (Å²) < 4.78 is 0. The maximum atomic E-state index is 10.0. The number of aliphatic hydroxyl groups is 1. The monoisotopic (exact) mass is 213 g/mol. The Hall–Kier alpha value is -0.0800. The van der Waals surface area contributed by atoms with Gasteiger partial charge in [-0.15, -0.1) is 0 Å². The van der Waals surface area contributed by atoms with Crippen LogP contribution in [0, 0.1) is 17.8 Å². The molecule has 0 aliphatic heterocycles. The molecule has 0 aromatic heterocycles. The predicted octanol–water partition coefficient (Wildman–Crippen LogP) is 2.42. The zero-order valence-corrected chi connectivity index (χ0v) is 10.5. The Labute approximate surface area is 94.5 Å². The fourth-order valence-electron chi connectivity index (χ4n) is 2.53. The van der Waals surface area contributed by atoms with E-state index in [9.17, 15) is 5.11 Å². The van der Waals surface area contributed by atoms with Crippen LogP contribution in [0.3, 0.4) is 0 Å². The summed E-state index contributed by atoms with van der Waals surface area (Å²) >= 11 is 0. The molecule has 0 radical (unpaired) electrons. The average Bonchev–Trinajstić information content (AvgIpc) is 2.22. The second-order valence-electron chi connectivity index (χ2n) is 5.30. The largest absolute Gasteiger partial charge is 0.392 e. The Morgan fingerprint density at radius 3 is 2.60 bits per heavy atom. The van der Waals surface area contributed by atoms with Crippen molar-refractivity contribution in [2.24, 2.45) is 17.8 Å². The van der Waals surface area contributed by atoms with Gasteiger partial charge >= 0.3 is 0 Å². The highest BCUT2D eigenvalue weighted by molar-refractivity contribution is 4.80. The van der Waals surface area contributed by atoms with Gasteiger partial charge in [-0.2, -0.15) is 0 Å². The van der Waals surface area contributed by atoms with Gasteiger partial charge in [0, 0.05) is 6.54 Å². The summed E-state index contributed by atoms with van der Waals surface area (Å²) in [4.78, 5) is 0. The molecule has 90 valence electrons. The number of rotatable bonds is 5. The van der Waals surface area contributed by atoms with Crippen LogP contribution >= 0.6 is 0 Å². The van der Waals surface area contributed by atoms with Crippen molar-refractivity contribution in [3.8, 4) is 0 Å². The number of nitrogens with one attached hydrogen (secondary N) is 1. The Morgan fingerprint density at radius 2 is 2.00 bits per heavy atom. The highest BCUT2D eigenvalue weighted by Gasteiger charge is 2.28. The van der Waals surface area contributed by atoms with Crippen LogP contribution in [-0.2, 0) is 0 Å². The van der Waals surface area contributed by atoms with Crippen molar-refractivity contribution in [3.05, 3.63) is 0 Å². The lowest BCUT2D eigenvalue weighted by Gasteiger charge is -2.34. The van der Waals surface area contributed by atoms with Gasteiger partial charge < -0.3 is 10.4 Å². The zero-order chi connectivity index (χ0) is 11.3. The van der Waals surface area contributed by atoms with Crippen LogP contribution < -0.4 is 5.32 Å². The molecule has 0 spiro atoms. The van der Waals surface area contributed by atoms with E-state index in [4.69, 9.17) is 0 Å². The van der Waals surface area contributed by atoms with Gasteiger partial charge in [-0.1, -0.05) is 27.2 Å². The van der Waals surface area contributed by atoms with Gasteiger partial charge in [-0.25, -0.2) is 0 Å². The lowest BCUT2D eigenvalue weighted by molar-refractivity contribution is 0.0568. The Balaban J connectivity index is 2.24. The second-order valence-corrected chi connectivity index (χ2v) is 5.30. The highest BCUT2D eigenvalue weighted by atomic mass is 16.3. The molecule has 2 heteroatoms. The summed E-state index contributed by atoms with van der Waals surface area (Å²) in [5, 5.41) is 13.4. The summed E-state index contributed by atoms with van der Waals surface area (Å²) in [5.74, 6) is 2.15. The van der Waals surface area contributed by atoms with E-state index in [2.05, 4.69) is 26.1 Å². The molecule has 2 N–H and O–H groups in total. The lowest BCUT2D eigenvalue weighted by atomic mass is 9.74. The minimum absolute atomic E-state index is 0.133. The molecule has 0 heterocycles. The van der Waals surface area contributed by atoms with E-state index in [1.54, 1.807) is 0 Å². The van der Waals surface area contributed by atoms with Gasteiger partial charge in [-0.05, 0) is 43.6 Å². The van der Waals surface area contributed by atoms with Crippen LogP contribution in [0.1, 0.15) is 46.5 Å². The molecule has 0 aromatic rings. The van der Waals surface area contributed by atoms with Gasteiger partial charge in [0.05, 0.1) is 6.10 Å². The molecule has 2 nitrogen and oxygen atoms in total. The number of hydrogen-bond acceptors (Lipinski definition) is 2. The van der Waals surface area contributed by atoms with Crippen molar-refractivity contribution in [1.29, 1.82) is 0 Å². The predicted molar refractivity (Wildman–Crippen MR) is 64.8 cm³/mol. The third-order valence-electron chi connectivity index (χ3n) is 3.96. The first-order valence-corrected chi connectivity index (χ1v) is 6.54. The van der Waals surface area contributed by atoms with E-state index in [0.717, 1.165) is 31.3 Å². The van der Waals surface area contributed by atoms with Crippen LogP contribution in [0.2, 0.25) is 0 Å². The molecular weight excluding hydrogens is 186 g/mol. The van der Waals surface area contributed by atoms with Crippen molar-refractivity contribution < 1.29 is 5.11 Å². The Bertz CT molecular complexity index is 172.